The topological polar surface area (TPSA) is 55.8 Å². The van der Waals surface area contributed by atoms with E-state index in [0.717, 1.165) is 28.2 Å². The molecule has 3 atom stereocenters. The monoisotopic (exact) mass is 455 g/mol. The molecule has 1 aliphatic carbocycles. The van der Waals surface area contributed by atoms with Crippen LogP contribution in [0.5, 0.6) is 0 Å². The number of benzene rings is 2. The van der Waals surface area contributed by atoms with Gasteiger partial charge in [-0.1, -0.05) is 24.3 Å². The van der Waals surface area contributed by atoms with Crippen molar-refractivity contribution in [3.63, 3.8) is 0 Å². The van der Waals surface area contributed by atoms with Crippen molar-refractivity contribution in [2.24, 2.45) is 0 Å². The third-order valence-corrected chi connectivity index (χ3v) is 6.22. The molecule has 0 N–H and O–H groups in total. The van der Waals surface area contributed by atoms with E-state index in [1.165, 1.54) is 25.3 Å². The zero-order chi connectivity index (χ0) is 23.5. The molecule has 170 valence electrons. The quantitative estimate of drug-likeness (QED) is 0.379. The molecule has 3 aliphatic rings. The maximum absolute atomic E-state index is 13.3. The summed E-state index contributed by atoms with van der Waals surface area (Å²) in [6.07, 6.45) is -2.43. The average molecular weight is 455 g/mol. The summed E-state index contributed by atoms with van der Waals surface area (Å²) in [7, 11) is 0. The van der Waals surface area contributed by atoms with Crippen LogP contribution in [0.25, 0.3) is 0 Å². The second kappa shape index (κ2) is 7.50. The van der Waals surface area contributed by atoms with Gasteiger partial charge in [-0.05, 0) is 54.8 Å². The Hall–Kier alpha value is -3.55. The predicted octanol–water partition coefficient (Wildman–Crippen LogP) is 4.80. The molecule has 0 radical (unpaired) electrons. The van der Waals surface area contributed by atoms with Gasteiger partial charge in [-0.15, -0.1) is 0 Å². The van der Waals surface area contributed by atoms with Crippen molar-refractivity contribution in [2.45, 2.75) is 44.7 Å². The van der Waals surface area contributed by atoms with Crippen LogP contribution in [0.1, 0.15) is 35.1 Å². The minimum atomic E-state index is -4.55. The van der Waals surface area contributed by atoms with E-state index in [1.54, 1.807) is 6.92 Å². The van der Waals surface area contributed by atoms with E-state index in [2.05, 4.69) is 0 Å². The minimum Gasteiger partial charge on any atom is -0.473 e. The summed E-state index contributed by atoms with van der Waals surface area (Å²) in [6.45, 7) is 3.10. The molecule has 0 spiro atoms. The molecular weight excluding hydrogens is 435 g/mol. The van der Waals surface area contributed by atoms with Gasteiger partial charge in [0.2, 0.25) is 0 Å². The van der Waals surface area contributed by atoms with E-state index in [-0.39, 0.29) is 17.7 Å². The summed E-state index contributed by atoms with van der Waals surface area (Å²) in [5, 5.41) is 0. The molecule has 33 heavy (non-hydrogen) atoms. The average Bonchev–Trinajstić information content (AvgIpc) is 3.34. The van der Waals surface area contributed by atoms with Crippen molar-refractivity contribution >= 4 is 17.6 Å². The molecule has 2 heterocycles. The Labute approximate surface area is 188 Å². The standard InChI is InChI=1S/C25H20F3NO4/c1-13-7-16(25(26,27)28)11-17(8-13)29-21(9-14(2)23(29)30)32-12-19-22-18-6-4-3-5-15(18)10-20(22)33-24(19)31/h3-9,11-12,20-22H,10H2,1-2H3/b19-12+/t20-,21?,22-/m1/s1. The molecule has 2 aromatic rings. The molecule has 1 saturated heterocycles. The fourth-order valence-electron chi connectivity index (χ4n) is 4.73. The Morgan fingerprint density at radius 2 is 1.88 bits per heavy atom. The lowest BCUT2D eigenvalue weighted by atomic mass is 9.94. The van der Waals surface area contributed by atoms with Gasteiger partial charge in [0.15, 0.2) is 6.23 Å². The van der Waals surface area contributed by atoms with Crippen molar-refractivity contribution in [3.05, 3.63) is 88.2 Å². The number of fused-ring (bicyclic) bond motifs is 3. The van der Waals surface area contributed by atoms with Crippen LogP contribution in [0.15, 0.2) is 65.9 Å². The second-order valence-corrected chi connectivity index (χ2v) is 8.50. The maximum Gasteiger partial charge on any atom is 0.416 e. The van der Waals surface area contributed by atoms with Gasteiger partial charge in [0.25, 0.3) is 5.91 Å². The van der Waals surface area contributed by atoms with Gasteiger partial charge in [0.1, 0.15) is 6.10 Å². The summed E-state index contributed by atoms with van der Waals surface area (Å²) < 4.78 is 51.4. The van der Waals surface area contributed by atoms with E-state index in [0.29, 0.717) is 23.1 Å². The van der Waals surface area contributed by atoms with Crippen LogP contribution in [-0.4, -0.2) is 24.2 Å². The molecule has 0 bridgehead atoms. The van der Waals surface area contributed by atoms with Crippen molar-refractivity contribution in [2.75, 3.05) is 4.90 Å². The Morgan fingerprint density at radius 3 is 2.64 bits per heavy atom. The molecule has 8 heteroatoms. The highest BCUT2D eigenvalue weighted by molar-refractivity contribution is 6.08. The number of halogens is 3. The van der Waals surface area contributed by atoms with Gasteiger partial charge in [-0.3, -0.25) is 9.69 Å². The highest BCUT2D eigenvalue weighted by Gasteiger charge is 2.46. The lowest BCUT2D eigenvalue weighted by Crippen LogP contribution is -2.35. The fourth-order valence-corrected chi connectivity index (χ4v) is 4.73. The second-order valence-electron chi connectivity index (χ2n) is 8.50. The van der Waals surface area contributed by atoms with Gasteiger partial charge < -0.3 is 9.47 Å². The van der Waals surface area contributed by atoms with E-state index in [9.17, 15) is 22.8 Å². The molecule has 0 saturated carbocycles. The van der Waals surface area contributed by atoms with Crippen LogP contribution in [-0.2, 0) is 31.7 Å². The van der Waals surface area contributed by atoms with Gasteiger partial charge in [-0.25, -0.2) is 4.79 Å². The van der Waals surface area contributed by atoms with Gasteiger partial charge in [0.05, 0.1) is 23.3 Å². The number of carbonyl (C=O) groups is 2. The zero-order valence-electron chi connectivity index (χ0n) is 17.8. The molecule has 2 aromatic carbocycles. The first kappa shape index (κ1) is 21.3. The highest BCUT2D eigenvalue weighted by atomic mass is 19.4. The molecule has 0 aromatic heterocycles. The summed E-state index contributed by atoms with van der Waals surface area (Å²) in [6, 6.07) is 11.2. The number of carbonyl (C=O) groups excluding carboxylic acids is 2. The Morgan fingerprint density at radius 1 is 1.12 bits per heavy atom. The SMILES string of the molecule is CC1=CC(O/C=C2/C(=O)O[C@@H]3Cc4ccccc4[C@H]23)N(c2cc(C)cc(C(F)(F)F)c2)C1=O. The van der Waals surface area contributed by atoms with Crippen LogP contribution in [0, 0.1) is 6.92 Å². The molecule has 5 nitrogen and oxygen atoms in total. The van der Waals surface area contributed by atoms with Crippen LogP contribution in [0.3, 0.4) is 0 Å². The number of hydrogen-bond donors (Lipinski definition) is 0. The molecule has 5 rings (SSSR count). The Kier molecular flexibility index (Phi) is 4.84. The lowest BCUT2D eigenvalue weighted by Gasteiger charge is -2.25. The number of rotatable bonds is 3. The first-order valence-corrected chi connectivity index (χ1v) is 10.5. The zero-order valence-corrected chi connectivity index (χ0v) is 17.8. The molecule has 2 aliphatic heterocycles. The molecule has 1 amide bonds. The van der Waals surface area contributed by atoms with Crippen LogP contribution < -0.4 is 4.90 Å². The smallest absolute Gasteiger partial charge is 0.416 e. The van der Waals surface area contributed by atoms with Gasteiger partial charge in [0, 0.05) is 17.7 Å². The van der Waals surface area contributed by atoms with Crippen molar-refractivity contribution < 1.29 is 32.2 Å². The largest absolute Gasteiger partial charge is 0.473 e. The maximum atomic E-state index is 13.3. The third kappa shape index (κ3) is 3.59. The summed E-state index contributed by atoms with van der Waals surface area (Å²) >= 11 is 0. The van der Waals surface area contributed by atoms with Crippen molar-refractivity contribution in [3.8, 4) is 0 Å². The van der Waals surface area contributed by atoms with Crippen LogP contribution >= 0.6 is 0 Å². The number of hydrogen-bond acceptors (Lipinski definition) is 4. The first-order chi connectivity index (χ1) is 15.6. The lowest BCUT2D eigenvalue weighted by molar-refractivity contribution is -0.139. The summed E-state index contributed by atoms with van der Waals surface area (Å²) in [4.78, 5) is 26.4. The molecule has 1 unspecified atom stereocenters. The first-order valence-electron chi connectivity index (χ1n) is 10.5. The van der Waals surface area contributed by atoms with Crippen LogP contribution in [0.4, 0.5) is 18.9 Å². The van der Waals surface area contributed by atoms with Crippen molar-refractivity contribution in [1.82, 2.24) is 0 Å². The summed E-state index contributed by atoms with van der Waals surface area (Å²) in [5.74, 6) is -1.23. The Balaban J connectivity index is 1.47. The van der Waals surface area contributed by atoms with Crippen molar-refractivity contribution in [1.29, 1.82) is 0 Å². The number of alkyl halides is 3. The van der Waals surface area contributed by atoms with E-state index in [4.69, 9.17) is 9.47 Å². The Bertz CT molecular complexity index is 1230. The number of ether oxygens (including phenoxy) is 2. The van der Waals surface area contributed by atoms with Gasteiger partial charge >= 0.3 is 12.1 Å². The normalized spacial score (nSPS) is 25.2. The molecule has 1 fully saturated rings. The van der Waals surface area contributed by atoms with E-state index in [1.807, 2.05) is 24.3 Å². The number of esters is 1. The molecular formula is C25H20F3NO4. The van der Waals surface area contributed by atoms with Gasteiger partial charge in [-0.2, -0.15) is 13.2 Å². The predicted molar refractivity (Wildman–Crippen MR) is 113 cm³/mol. The number of anilines is 1. The minimum absolute atomic E-state index is 0.0712. The summed E-state index contributed by atoms with van der Waals surface area (Å²) in [5.41, 5.74) is 2.33. The number of nitrogens with zero attached hydrogens (tertiary/aromatic N) is 1. The van der Waals surface area contributed by atoms with E-state index < -0.39 is 29.8 Å². The third-order valence-electron chi connectivity index (χ3n) is 6.22. The highest BCUT2D eigenvalue weighted by Crippen LogP contribution is 2.45. The fraction of sp³-hybridized carbons (Fsp3) is 0.280. The van der Waals surface area contributed by atoms with E-state index >= 15 is 0 Å². The number of amides is 1. The van der Waals surface area contributed by atoms with Crippen LogP contribution in [0.2, 0.25) is 0 Å². The number of aryl methyl sites for hydroxylation is 1.